The fourth-order valence-corrected chi connectivity index (χ4v) is 0.557. The molecule has 0 bridgehead atoms. The molecule has 0 spiro atoms. The highest BCUT2D eigenvalue weighted by molar-refractivity contribution is 5.20. The van der Waals surface area contributed by atoms with Crippen LogP contribution in [0.25, 0.3) is 0 Å². The second-order valence-electron chi connectivity index (χ2n) is 1.52. The number of methoxy groups -OCH3 is 1. The van der Waals surface area contributed by atoms with Crippen molar-refractivity contribution in [1.82, 2.24) is 0 Å². The van der Waals surface area contributed by atoms with E-state index in [1.165, 1.54) is 0 Å². The van der Waals surface area contributed by atoms with E-state index in [1.807, 2.05) is 51.0 Å². The highest BCUT2D eigenvalue weighted by Gasteiger charge is 1.80. The van der Waals surface area contributed by atoms with Gasteiger partial charge in [-0.2, -0.15) is 0 Å². The molecule has 0 aromatic heterocycles. The van der Waals surface area contributed by atoms with Gasteiger partial charge in [0.05, 0.1) is 7.11 Å². The predicted molar refractivity (Wildman–Crippen MR) is 51.5 cm³/mol. The molecule has 0 heterocycles. The van der Waals surface area contributed by atoms with Crippen molar-refractivity contribution in [1.29, 1.82) is 0 Å². The third-order valence-corrected chi connectivity index (χ3v) is 0.979. The van der Waals surface area contributed by atoms with Gasteiger partial charge in [-0.15, -0.1) is 0 Å². The summed E-state index contributed by atoms with van der Waals surface area (Å²) in [5, 5.41) is 0. The first-order valence-corrected chi connectivity index (χ1v) is 3.81. The van der Waals surface area contributed by atoms with Crippen LogP contribution in [-0.2, 0) is 4.79 Å². The highest BCUT2D eigenvalue weighted by atomic mass is 16.5. The van der Waals surface area contributed by atoms with E-state index in [1.54, 1.807) is 7.11 Å². The molecule has 0 radical (unpaired) electrons. The Balaban J connectivity index is 0. The van der Waals surface area contributed by atoms with Crippen LogP contribution in [0.2, 0.25) is 0 Å². The second-order valence-corrected chi connectivity index (χ2v) is 1.52. The Morgan fingerprint density at radius 2 is 1.50 bits per heavy atom. The lowest BCUT2D eigenvalue weighted by Gasteiger charge is -1.93. The van der Waals surface area contributed by atoms with Crippen LogP contribution in [0.15, 0.2) is 30.3 Å². The Kier molecular flexibility index (Phi) is 13.7. The van der Waals surface area contributed by atoms with Crippen LogP contribution in [0, 0.1) is 0 Å². The number of ether oxygens (including phenoxy) is 1. The zero-order valence-corrected chi connectivity index (χ0v) is 7.91. The molecule has 2 heteroatoms. The minimum Gasteiger partial charge on any atom is -0.497 e. The van der Waals surface area contributed by atoms with E-state index < -0.39 is 0 Å². The summed E-state index contributed by atoms with van der Waals surface area (Å²) in [5.41, 5.74) is 0. The van der Waals surface area contributed by atoms with E-state index in [0.717, 1.165) is 5.75 Å². The van der Waals surface area contributed by atoms with Gasteiger partial charge in [0.2, 0.25) is 0 Å². The molecule has 0 aliphatic heterocycles. The minimum atomic E-state index is 0.910. The van der Waals surface area contributed by atoms with Gasteiger partial charge >= 0.3 is 0 Å². The average molecular weight is 168 g/mol. The number of hydrogen-bond donors (Lipinski definition) is 0. The van der Waals surface area contributed by atoms with Crippen LogP contribution >= 0.6 is 0 Å². The lowest BCUT2D eigenvalue weighted by Crippen LogP contribution is -1.78. The van der Waals surface area contributed by atoms with E-state index in [4.69, 9.17) is 9.53 Å². The Bertz CT molecular complexity index is 161. The number of hydrogen-bond acceptors (Lipinski definition) is 2. The first kappa shape index (κ1) is 13.3. The fourth-order valence-electron chi connectivity index (χ4n) is 0.557. The summed E-state index contributed by atoms with van der Waals surface area (Å²) in [6.45, 7) is 6.00. The molecular formula is C10H16O2. The van der Waals surface area contributed by atoms with Crippen molar-refractivity contribution in [2.45, 2.75) is 13.8 Å². The quantitative estimate of drug-likeness (QED) is 0.644. The molecule has 0 atom stereocenters. The smallest absolute Gasteiger partial charge is 0.118 e. The number of para-hydroxylation sites is 1. The lowest BCUT2D eigenvalue weighted by molar-refractivity contribution is -0.0979. The SMILES string of the molecule is C=O.CC.COc1ccccc1. The summed E-state index contributed by atoms with van der Waals surface area (Å²) in [4.78, 5) is 8.00. The van der Waals surface area contributed by atoms with E-state index in [-0.39, 0.29) is 0 Å². The number of carbonyl (C=O) groups excluding carboxylic acids is 1. The molecule has 68 valence electrons. The van der Waals surface area contributed by atoms with Gasteiger partial charge in [-0.05, 0) is 12.1 Å². The van der Waals surface area contributed by atoms with Gasteiger partial charge in [0.15, 0.2) is 0 Å². The van der Waals surface area contributed by atoms with Crippen molar-refractivity contribution in [2.24, 2.45) is 0 Å². The summed E-state index contributed by atoms with van der Waals surface area (Å²) in [5.74, 6) is 0.910. The van der Waals surface area contributed by atoms with E-state index in [9.17, 15) is 0 Å². The molecule has 1 rings (SSSR count). The molecule has 0 aliphatic rings. The van der Waals surface area contributed by atoms with Gasteiger partial charge in [0, 0.05) is 0 Å². The van der Waals surface area contributed by atoms with Gasteiger partial charge < -0.3 is 9.53 Å². The predicted octanol–water partition coefficient (Wildman–Crippen LogP) is 2.54. The average Bonchev–Trinajstić information content (AvgIpc) is 2.25. The maximum Gasteiger partial charge on any atom is 0.118 e. The minimum absolute atomic E-state index is 0.910. The molecule has 0 unspecified atom stereocenters. The zero-order valence-electron chi connectivity index (χ0n) is 7.91. The maximum atomic E-state index is 8.00. The molecule has 1 aromatic rings. The van der Waals surface area contributed by atoms with Gasteiger partial charge in [-0.1, -0.05) is 32.0 Å². The summed E-state index contributed by atoms with van der Waals surface area (Å²) >= 11 is 0. The van der Waals surface area contributed by atoms with Crippen LogP contribution < -0.4 is 4.74 Å². The van der Waals surface area contributed by atoms with Crippen molar-refractivity contribution in [2.75, 3.05) is 7.11 Å². The molecule has 2 nitrogen and oxygen atoms in total. The third-order valence-electron chi connectivity index (χ3n) is 0.979. The van der Waals surface area contributed by atoms with Crippen LogP contribution in [0.3, 0.4) is 0 Å². The zero-order chi connectivity index (χ0) is 9.82. The molecule has 0 aliphatic carbocycles. The summed E-state index contributed by atoms with van der Waals surface area (Å²) in [7, 11) is 1.66. The Labute approximate surface area is 74.2 Å². The van der Waals surface area contributed by atoms with Crippen LogP contribution in [0.4, 0.5) is 0 Å². The first-order chi connectivity index (χ1) is 5.93. The second kappa shape index (κ2) is 12.4. The van der Waals surface area contributed by atoms with Crippen LogP contribution in [0.5, 0.6) is 5.75 Å². The van der Waals surface area contributed by atoms with E-state index in [0.29, 0.717) is 0 Å². The highest BCUT2D eigenvalue weighted by Crippen LogP contribution is 2.05. The van der Waals surface area contributed by atoms with Crippen molar-refractivity contribution in [3.8, 4) is 5.75 Å². The summed E-state index contributed by atoms with van der Waals surface area (Å²) in [6.07, 6.45) is 0. The van der Waals surface area contributed by atoms with Gasteiger partial charge in [-0.3, -0.25) is 0 Å². The third kappa shape index (κ3) is 6.81. The Morgan fingerprint density at radius 1 is 1.08 bits per heavy atom. The lowest BCUT2D eigenvalue weighted by atomic mass is 10.3. The van der Waals surface area contributed by atoms with Gasteiger partial charge in [0.25, 0.3) is 0 Å². The monoisotopic (exact) mass is 168 g/mol. The molecule has 0 saturated carbocycles. The van der Waals surface area contributed by atoms with E-state index >= 15 is 0 Å². The Hall–Kier alpha value is -1.31. The molecule has 0 N–H and O–H groups in total. The van der Waals surface area contributed by atoms with Crippen molar-refractivity contribution in [3.05, 3.63) is 30.3 Å². The van der Waals surface area contributed by atoms with Crippen LogP contribution in [-0.4, -0.2) is 13.9 Å². The summed E-state index contributed by atoms with van der Waals surface area (Å²) in [6, 6.07) is 9.68. The fraction of sp³-hybridized carbons (Fsp3) is 0.300. The van der Waals surface area contributed by atoms with Gasteiger partial charge in [-0.25, -0.2) is 0 Å². The summed E-state index contributed by atoms with van der Waals surface area (Å²) < 4.78 is 4.91. The number of rotatable bonds is 1. The largest absolute Gasteiger partial charge is 0.497 e. The molecular weight excluding hydrogens is 152 g/mol. The van der Waals surface area contributed by atoms with Gasteiger partial charge in [0.1, 0.15) is 12.5 Å². The van der Waals surface area contributed by atoms with Crippen molar-refractivity contribution >= 4 is 6.79 Å². The molecule has 12 heavy (non-hydrogen) atoms. The topological polar surface area (TPSA) is 26.3 Å². The molecule has 0 saturated heterocycles. The molecule has 0 amide bonds. The molecule has 0 fully saturated rings. The van der Waals surface area contributed by atoms with Crippen molar-refractivity contribution in [3.63, 3.8) is 0 Å². The van der Waals surface area contributed by atoms with Crippen LogP contribution in [0.1, 0.15) is 13.8 Å². The first-order valence-electron chi connectivity index (χ1n) is 3.81. The molecule has 1 aromatic carbocycles. The maximum absolute atomic E-state index is 8.00. The standard InChI is InChI=1S/C7H8O.C2H6.CH2O/c1-8-7-5-3-2-4-6-7;2*1-2/h2-6H,1H3;1-2H3;1H2. The van der Waals surface area contributed by atoms with Crippen molar-refractivity contribution < 1.29 is 9.53 Å². The number of carbonyl (C=O) groups is 1. The van der Waals surface area contributed by atoms with E-state index in [2.05, 4.69) is 0 Å². The number of benzene rings is 1. The normalized spacial score (nSPS) is 6.58. The Morgan fingerprint density at radius 3 is 1.75 bits per heavy atom.